The van der Waals surface area contributed by atoms with Crippen molar-refractivity contribution in [1.29, 1.82) is 0 Å². The molecule has 1 unspecified atom stereocenters. The van der Waals surface area contributed by atoms with E-state index in [1.165, 1.54) is 11.1 Å². The number of hydrogen-bond acceptors (Lipinski definition) is 2. The van der Waals surface area contributed by atoms with Gasteiger partial charge in [0, 0.05) is 11.9 Å². The van der Waals surface area contributed by atoms with Gasteiger partial charge in [0.25, 0.3) is 0 Å². The van der Waals surface area contributed by atoms with Gasteiger partial charge in [-0.05, 0) is 24.6 Å². The summed E-state index contributed by atoms with van der Waals surface area (Å²) in [6.07, 6.45) is 0. The van der Waals surface area contributed by atoms with E-state index in [0.717, 1.165) is 12.4 Å². The van der Waals surface area contributed by atoms with Crippen LogP contribution in [0.25, 0.3) is 0 Å². The fourth-order valence-corrected chi connectivity index (χ4v) is 5.00. The van der Waals surface area contributed by atoms with Gasteiger partial charge < -0.3 is 0 Å². The highest BCUT2D eigenvalue weighted by molar-refractivity contribution is 8.00. The van der Waals surface area contributed by atoms with Crippen molar-refractivity contribution in [1.82, 2.24) is 4.90 Å². The van der Waals surface area contributed by atoms with Gasteiger partial charge in [-0.1, -0.05) is 67.6 Å². The van der Waals surface area contributed by atoms with Gasteiger partial charge >= 0.3 is 0 Å². The van der Waals surface area contributed by atoms with Crippen LogP contribution in [0.2, 0.25) is 0 Å². The molecule has 1 fully saturated rings. The maximum Gasteiger partial charge on any atom is 0.0822 e. The van der Waals surface area contributed by atoms with E-state index >= 15 is 0 Å². The topological polar surface area (TPSA) is 3.24 Å². The molecule has 0 amide bonds. The van der Waals surface area contributed by atoms with Crippen LogP contribution in [0.1, 0.15) is 25.0 Å². The Morgan fingerprint density at radius 2 is 1.50 bits per heavy atom. The highest BCUT2D eigenvalue weighted by Crippen LogP contribution is 2.52. The quantitative estimate of drug-likeness (QED) is 0.824. The molecule has 0 aliphatic carbocycles. The smallest absolute Gasteiger partial charge is 0.0822 e. The van der Waals surface area contributed by atoms with E-state index in [9.17, 15) is 0 Å². The van der Waals surface area contributed by atoms with Crippen LogP contribution in [0.4, 0.5) is 0 Å². The summed E-state index contributed by atoms with van der Waals surface area (Å²) >= 11 is 2.06. The van der Waals surface area contributed by atoms with E-state index in [1.54, 1.807) is 0 Å². The molecule has 1 aliphatic rings. The zero-order valence-corrected chi connectivity index (χ0v) is 12.9. The molecule has 0 saturated carbocycles. The van der Waals surface area contributed by atoms with Crippen molar-refractivity contribution < 1.29 is 0 Å². The second-order valence-electron chi connectivity index (χ2n) is 5.32. The summed E-state index contributed by atoms with van der Waals surface area (Å²) in [6.45, 7) is 5.72. The first-order chi connectivity index (χ1) is 9.79. The normalized spacial score (nSPS) is 22.0. The summed E-state index contributed by atoms with van der Waals surface area (Å²) < 4.78 is 0.0541. The summed E-state index contributed by atoms with van der Waals surface area (Å²) in [5, 5.41) is 0. The Balaban J connectivity index is 2.15. The molecular weight excluding hydrogens is 262 g/mol. The third-order valence-electron chi connectivity index (χ3n) is 4.41. The van der Waals surface area contributed by atoms with Crippen molar-refractivity contribution >= 4 is 11.8 Å². The Kier molecular flexibility index (Phi) is 3.86. The monoisotopic (exact) mass is 283 g/mol. The number of thioether (sulfide) groups is 1. The molecule has 20 heavy (non-hydrogen) atoms. The first-order valence-electron chi connectivity index (χ1n) is 7.28. The Labute approximate surface area is 126 Å². The minimum Gasteiger partial charge on any atom is -0.290 e. The van der Waals surface area contributed by atoms with E-state index in [-0.39, 0.29) is 4.75 Å². The maximum atomic E-state index is 2.56. The van der Waals surface area contributed by atoms with Gasteiger partial charge in [-0.3, -0.25) is 4.90 Å². The van der Waals surface area contributed by atoms with Gasteiger partial charge in [-0.15, -0.1) is 11.8 Å². The van der Waals surface area contributed by atoms with Crippen LogP contribution in [0.5, 0.6) is 0 Å². The number of nitrogens with zero attached hydrogens (tertiary/aromatic N) is 1. The molecule has 2 aromatic rings. The second-order valence-corrected chi connectivity index (χ2v) is 6.51. The van der Waals surface area contributed by atoms with Crippen molar-refractivity contribution in [3.63, 3.8) is 0 Å². The molecule has 1 heterocycles. The number of hydrogen-bond donors (Lipinski definition) is 0. The average molecular weight is 283 g/mol. The molecular formula is C18H21NS. The van der Waals surface area contributed by atoms with Crippen molar-refractivity contribution in [2.75, 3.05) is 12.4 Å². The van der Waals surface area contributed by atoms with E-state index in [2.05, 4.69) is 91.2 Å². The fraction of sp³-hybridized carbons (Fsp3) is 0.333. The molecule has 0 spiro atoms. The second kappa shape index (κ2) is 5.63. The lowest BCUT2D eigenvalue weighted by atomic mass is 9.84. The fourth-order valence-electron chi connectivity index (χ4n) is 3.23. The SMILES string of the molecule is CCN1CSC(c2ccccc2)(c2ccccc2)C1C. The van der Waals surface area contributed by atoms with E-state index < -0.39 is 0 Å². The summed E-state index contributed by atoms with van der Waals surface area (Å²) in [5.41, 5.74) is 2.83. The van der Waals surface area contributed by atoms with Crippen LogP contribution >= 0.6 is 11.8 Å². The van der Waals surface area contributed by atoms with Crippen LogP contribution < -0.4 is 0 Å². The van der Waals surface area contributed by atoms with Crippen LogP contribution in [0.3, 0.4) is 0 Å². The van der Waals surface area contributed by atoms with Gasteiger partial charge in [0.1, 0.15) is 0 Å². The minimum atomic E-state index is 0.0541. The first-order valence-corrected chi connectivity index (χ1v) is 8.26. The van der Waals surface area contributed by atoms with Crippen molar-refractivity contribution in [3.8, 4) is 0 Å². The van der Waals surface area contributed by atoms with E-state index in [1.807, 2.05) is 0 Å². The highest BCUT2D eigenvalue weighted by Gasteiger charge is 2.47. The van der Waals surface area contributed by atoms with Crippen LogP contribution in [-0.2, 0) is 4.75 Å². The summed E-state index contributed by atoms with van der Waals surface area (Å²) in [6, 6.07) is 22.4. The number of benzene rings is 2. The Hall–Kier alpha value is -1.25. The molecule has 0 N–H and O–H groups in total. The predicted octanol–water partition coefficient (Wildman–Crippen LogP) is 4.34. The molecule has 1 atom stereocenters. The lowest BCUT2D eigenvalue weighted by Crippen LogP contribution is -2.40. The maximum absolute atomic E-state index is 2.56. The van der Waals surface area contributed by atoms with Crippen molar-refractivity contribution in [3.05, 3.63) is 71.8 Å². The minimum absolute atomic E-state index is 0.0541. The summed E-state index contributed by atoms with van der Waals surface area (Å²) in [5.74, 6) is 1.10. The number of likely N-dealkylation sites (N-methyl/N-ethyl adjacent to an activating group) is 1. The predicted molar refractivity (Wildman–Crippen MR) is 88.0 cm³/mol. The van der Waals surface area contributed by atoms with Crippen LogP contribution in [0.15, 0.2) is 60.7 Å². The van der Waals surface area contributed by atoms with Crippen molar-refractivity contribution in [2.45, 2.75) is 24.6 Å². The molecule has 1 nitrogen and oxygen atoms in total. The Bertz CT molecular complexity index is 513. The molecule has 1 aliphatic heterocycles. The zero-order chi connectivity index (χ0) is 14.0. The highest BCUT2D eigenvalue weighted by atomic mass is 32.2. The van der Waals surface area contributed by atoms with Gasteiger partial charge in [-0.2, -0.15) is 0 Å². The lowest BCUT2D eigenvalue weighted by Gasteiger charge is -2.36. The molecule has 104 valence electrons. The van der Waals surface area contributed by atoms with Crippen LogP contribution in [0, 0.1) is 0 Å². The van der Waals surface area contributed by atoms with Gasteiger partial charge in [0.15, 0.2) is 0 Å². The molecule has 1 saturated heterocycles. The van der Waals surface area contributed by atoms with E-state index in [0.29, 0.717) is 6.04 Å². The van der Waals surface area contributed by atoms with Gasteiger partial charge in [-0.25, -0.2) is 0 Å². The largest absolute Gasteiger partial charge is 0.290 e. The third kappa shape index (κ3) is 2.07. The summed E-state index contributed by atoms with van der Waals surface area (Å²) in [4.78, 5) is 2.56. The first kappa shape index (κ1) is 13.7. The molecule has 2 heteroatoms. The average Bonchev–Trinajstić information content (AvgIpc) is 2.87. The van der Waals surface area contributed by atoms with E-state index in [4.69, 9.17) is 0 Å². The molecule has 3 rings (SSSR count). The molecule has 2 aromatic carbocycles. The van der Waals surface area contributed by atoms with Crippen LogP contribution in [-0.4, -0.2) is 23.4 Å². The van der Waals surface area contributed by atoms with Crippen molar-refractivity contribution in [2.24, 2.45) is 0 Å². The lowest BCUT2D eigenvalue weighted by molar-refractivity contribution is 0.250. The molecule has 0 radical (unpaired) electrons. The Morgan fingerprint density at radius 3 is 1.90 bits per heavy atom. The standard InChI is InChI=1S/C18H21NS/c1-3-19-14-20-18(15(19)2,16-10-6-4-7-11-16)17-12-8-5-9-13-17/h4-13,15H,3,14H2,1-2H3. The molecule has 0 aromatic heterocycles. The third-order valence-corrected chi connectivity index (χ3v) is 6.13. The van der Waals surface area contributed by atoms with Gasteiger partial charge in [0.2, 0.25) is 0 Å². The Morgan fingerprint density at radius 1 is 1.00 bits per heavy atom. The summed E-state index contributed by atoms with van der Waals surface area (Å²) in [7, 11) is 0. The van der Waals surface area contributed by atoms with Gasteiger partial charge in [0.05, 0.1) is 4.75 Å². The molecule has 0 bridgehead atoms. The number of rotatable bonds is 3. The zero-order valence-electron chi connectivity index (χ0n) is 12.1.